The van der Waals surface area contributed by atoms with E-state index in [-0.39, 0.29) is 27.9 Å². The molecule has 0 radical (unpaired) electrons. The van der Waals surface area contributed by atoms with Crippen molar-refractivity contribution in [1.29, 1.82) is 0 Å². The number of nitrogens with zero attached hydrogens (tertiary/aromatic N) is 3. The standard InChI is InChI=1S/C12H13ClN4O4/c1-3-14-12(19)11(7(2)18)16-15-9-5-4-8(13)6-10(9)17(20)21/h4-6,18H,3H2,1-2H3,(H,14,19)/b11-7+,16-15?. The van der Waals surface area contributed by atoms with Crippen LogP contribution in [0.15, 0.2) is 39.9 Å². The van der Waals surface area contributed by atoms with Crippen LogP contribution in [-0.4, -0.2) is 22.5 Å². The van der Waals surface area contributed by atoms with E-state index >= 15 is 0 Å². The molecule has 9 heteroatoms. The Kier molecular flexibility index (Phi) is 5.79. The van der Waals surface area contributed by atoms with Gasteiger partial charge in [-0.2, -0.15) is 0 Å². The molecule has 0 spiro atoms. The van der Waals surface area contributed by atoms with Crippen molar-refractivity contribution in [3.8, 4) is 0 Å². The highest BCUT2D eigenvalue weighted by Gasteiger charge is 2.16. The fourth-order valence-electron chi connectivity index (χ4n) is 1.36. The predicted molar refractivity (Wildman–Crippen MR) is 76.6 cm³/mol. The van der Waals surface area contributed by atoms with Gasteiger partial charge < -0.3 is 10.4 Å². The monoisotopic (exact) mass is 312 g/mol. The third-order valence-corrected chi connectivity index (χ3v) is 2.52. The fraction of sp³-hybridized carbons (Fsp3) is 0.250. The summed E-state index contributed by atoms with van der Waals surface area (Å²) in [7, 11) is 0. The van der Waals surface area contributed by atoms with Gasteiger partial charge in [-0.15, -0.1) is 10.2 Å². The Hall–Kier alpha value is -2.48. The molecule has 0 aliphatic rings. The van der Waals surface area contributed by atoms with Gasteiger partial charge in [0.15, 0.2) is 11.4 Å². The molecule has 0 aliphatic carbocycles. The molecule has 0 heterocycles. The Morgan fingerprint density at radius 2 is 2.19 bits per heavy atom. The van der Waals surface area contributed by atoms with E-state index in [1.165, 1.54) is 19.1 Å². The van der Waals surface area contributed by atoms with E-state index in [1.807, 2.05) is 0 Å². The van der Waals surface area contributed by atoms with E-state index in [9.17, 15) is 20.0 Å². The zero-order chi connectivity index (χ0) is 16.0. The molecule has 0 saturated carbocycles. The molecule has 8 nitrogen and oxygen atoms in total. The summed E-state index contributed by atoms with van der Waals surface area (Å²) in [5.74, 6) is -0.973. The number of nitrogens with one attached hydrogen (secondary N) is 1. The minimum atomic E-state index is -0.665. The number of carbonyl (C=O) groups excluding carboxylic acids is 1. The normalized spacial score (nSPS) is 12.1. The molecule has 0 fully saturated rings. The number of hydrogen-bond donors (Lipinski definition) is 2. The topological polar surface area (TPSA) is 117 Å². The van der Waals surface area contributed by atoms with Crippen molar-refractivity contribution in [1.82, 2.24) is 5.32 Å². The molecular weight excluding hydrogens is 300 g/mol. The highest BCUT2D eigenvalue weighted by atomic mass is 35.5. The Labute approximate surface area is 125 Å². The van der Waals surface area contributed by atoms with Crippen molar-refractivity contribution in [3.05, 3.63) is 44.8 Å². The van der Waals surface area contributed by atoms with E-state index < -0.39 is 10.8 Å². The minimum absolute atomic E-state index is 0.0764. The Balaban J connectivity index is 3.17. The van der Waals surface area contributed by atoms with Crippen LogP contribution < -0.4 is 5.32 Å². The van der Waals surface area contributed by atoms with Gasteiger partial charge in [0.1, 0.15) is 5.76 Å². The Bertz CT molecular complexity index is 624. The van der Waals surface area contributed by atoms with Gasteiger partial charge in [-0.3, -0.25) is 14.9 Å². The third kappa shape index (κ3) is 4.53. The summed E-state index contributed by atoms with van der Waals surface area (Å²) < 4.78 is 0. The van der Waals surface area contributed by atoms with Crippen LogP contribution in [0.2, 0.25) is 5.02 Å². The van der Waals surface area contributed by atoms with Crippen LogP contribution in [0.4, 0.5) is 11.4 Å². The number of nitro groups is 1. The number of likely N-dealkylation sites (N-methyl/N-ethyl adjacent to an activating group) is 1. The molecule has 112 valence electrons. The van der Waals surface area contributed by atoms with Crippen molar-refractivity contribution in [3.63, 3.8) is 0 Å². The first-order valence-electron chi connectivity index (χ1n) is 5.90. The Morgan fingerprint density at radius 3 is 2.71 bits per heavy atom. The van der Waals surface area contributed by atoms with E-state index in [1.54, 1.807) is 6.92 Å². The van der Waals surface area contributed by atoms with Gasteiger partial charge in [0.2, 0.25) is 0 Å². The van der Waals surface area contributed by atoms with Gasteiger partial charge in [0, 0.05) is 17.6 Å². The lowest BCUT2D eigenvalue weighted by molar-refractivity contribution is -0.384. The summed E-state index contributed by atoms with van der Waals surface area (Å²) in [6.45, 7) is 3.30. The zero-order valence-electron chi connectivity index (χ0n) is 11.3. The van der Waals surface area contributed by atoms with E-state index in [4.69, 9.17) is 11.6 Å². The Morgan fingerprint density at radius 1 is 1.52 bits per heavy atom. The summed E-state index contributed by atoms with van der Waals surface area (Å²) in [6.07, 6.45) is 0. The maximum Gasteiger partial charge on any atom is 0.298 e. The second-order valence-corrected chi connectivity index (χ2v) is 4.32. The second-order valence-electron chi connectivity index (χ2n) is 3.88. The predicted octanol–water partition coefficient (Wildman–Crippen LogP) is 3.26. The van der Waals surface area contributed by atoms with Crippen LogP contribution in [0.5, 0.6) is 0 Å². The molecule has 2 N–H and O–H groups in total. The van der Waals surface area contributed by atoms with E-state index in [0.717, 1.165) is 6.07 Å². The molecule has 0 aromatic heterocycles. The molecule has 0 atom stereocenters. The highest BCUT2D eigenvalue weighted by Crippen LogP contribution is 2.30. The number of nitro benzene ring substituents is 1. The number of azo groups is 1. The van der Waals surface area contributed by atoms with E-state index in [2.05, 4.69) is 15.5 Å². The van der Waals surface area contributed by atoms with Gasteiger partial charge in [-0.1, -0.05) is 11.6 Å². The van der Waals surface area contributed by atoms with Gasteiger partial charge in [0.05, 0.1) is 4.92 Å². The summed E-state index contributed by atoms with van der Waals surface area (Å²) in [6, 6.07) is 3.83. The lowest BCUT2D eigenvalue weighted by Gasteiger charge is -2.02. The first kappa shape index (κ1) is 16.6. The van der Waals surface area contributed by atoms with Crippen LogP contribution in [0.25, 0.3) is 0 Å². The van der Waals surface area contributed by atoms with Crippen LogP contribution in [-0.2, 0) is 4.79 Å². The number of halogens is 1. The smallest absolute Gasteiger partial charge is 0.298 e. The van der Waals surface area contributed by atoms with Gasteiger partial charge in [-0.05, 0) is 26.0 Å². The first-order valence-corrected chi connectivity index (χ1v) is 6.28. The number of aliphatic hydroxyl groups is 1. The maximum atomic E-state index is 11.6. The van der Waals surface area contributed by atoms with E-state index in [0.29, 0.717) is 6.54 Å². The number of hydrogen-bond acceptors (Lipinski definition) is 6. The van der Waals surface area contributed by atoms with Crippen molar-refractivity contribution >= 4 is 28.9 Å². The number of benzene rings is 1. The molecular formula is C12H13ClN4O4. The van der Waals surface area contributed by atoms with Crippen molar-refractivity contribution < 1.29 is 14.8 Å². The SMILES string of the molecule is CCNC(=O)/C(N=Nc1ccc(Cl)cc1[N+](=O)[O-])=C(/C)O. The molecule has 21 heavy (non-hydrogen) atoms. The summed E-state index contributed by atoms with van der Waals surface area (Å²) in [4.78, 5) is 21.9. The van der Waals surface area contributed by atoms with Gasteiger partial charge in [-0.25, -0.2) is 0 Å². The van der Waals surface area contributed by atoms with Crippen LogP contribution >= 0.6 is 11.6 Å². The lowest BCUT2D eigenvalue weighted by atomic mass is 10.3. The number of aliphatic hydroxyl groups excluding tert-OH is 1. The average Bonchev–Trinajstić information content (AvgIpc) is 2.40. The number of amides is 1. The molecule has 0 bridgehead atoms. The molecule has 0 unspecified atom stereocenters. The molecule has 1 rings (SSSR count). The fourth-order valence-corrected chi connectivity index (χ4v) is 1.52. The third-order valence-electron chi connectivity index (χ3n) is 2.29. The average molecular weight is 313 g/mol. The number of rotatable bonds is 5. The molecule has 1 aromatic carbocycles. The molecule has 0 aliphatic heterocycles. The maximum absolute atomic E-state index is 11.6. The van der Waals surface area contributed by atoms with Crippen LogP contribution in [0.3, 0.4) is 0 Å². The number of allylic oxidation sites excluding steroid dienone is 1. The van der Waals surface area contributed by atoms with Crippen LogP contribution in [0.1, 0.15) is 13.8 Å². The van der Waals surface area contributed by atoms with Crippen LogP contribution in [0, 0.1) is 10.1 Å². The van der Waals surface area contributed by atoms with Crippen molar-refractivity contribution in [2.45, 2.75) is 13.8 Å². The van der Waals surface area contributed by atoms with Gasteiger partial charge >= 0.3 is 0 Å². The largest absolute Gasteiger partial charge is 0.510 e. The highest BCUT2D eigenvalue weighted by molar-refractivity contribution is 6.30. The first-order chi connectivity index (χ1) is 9.86. The van der Waals surface area contributed by atoms with Crippen molar-refractivity contribution in [2.75, 3.05) is 6.54 Å². The zero-order valence-corrected chi connectivity index (χ0v) is 12.1. The molecule has 1 amide bonds. The quantitative estimate of drug-likeness (QED) is 0.285. The number of carbonyl (C=O) groups is 1. The molecule has 0 saturated heterocycles. The van der Waals surface area contributed by atoms with Gasteiger partial charge in [0.25, 0.3) is 11.6 Å². The molecule has 1 aromatic rings. The summed E-state index contributed by atoms with van der Waals surface area (Å²) in [5, 5.41) is 30.2. The van der Waals surface area contributed by atoms with Crippen molar-refractivity contribution in [2.24, 2.45) is 10.2 Å². The summed E-state index contributed by atoms with van der Waals surface area (Å²) >= 11 is 5.68. The lowest BCUT2D eigenvalue weighted by Crippen LogP contribution is -2.24. The minimum Gasteiger partial charge on any atom is -0.510 e. The second kappa shape index (κ2) is 7.34. The summed E-state index contributed by atoms with van der Waals surface area (Å²) in [5.41, 5.74) is -0.745.